The van der Waals surface area contributed by atoms with E-state index in [2.05, 4.69) is 32.9 Å². The van der Waals surface area contributed by atoms with Crippen molar-refractivity contribution in [1.82, 2.24) is 0 Å². The first kappa shape index (κ1) is 17.5. The van der Waals surface area contributed by atoms with Gasteiger partial charge in [-0.15, -0.1) is 0 Å². The minimum Gasteiger partial charge on any atom is -0.491 e. The monoisotopic (exact) mass is 293 g/mol. The molecule has 0 amide bonds. The molecular weight excluding hydrogens is 266 g/mol. The van der Waals surface area contributed by atoms with Crippen LogP contribution in [0.25, 0.3) is 0 Å². The molecule has 0 bridgehead atoms. The second kappa shape index (κ2) is 6.48. The summed E-state index contributed by atoms with van der Waals surface area (Å²) in [6.07, 6.45) is 0.209. The molecule has 0 aliphatic carbocycles. The van der Waals surface area contributed by atoms with Crippen molar-refractivity contribution in [2.45, 2.75) is 58.1 Å². The number of hydrogen-bond donors (Lipinski definition) is 1. The maximum absolute atomic E-state index is 11.6. The van der Waals surface area contributed by atoms with Crippen molar-refractivity contribution in [2.75, 3.05) is 7.11 Å². The third-order valence-electron chi connectivity index (χ3n) is 3.42. The molecule has 1 rings (SSSR count). The van der Waals surface area contributed by atoms with Gasteiger partial charge in [0, 0.05) is 6.42 Å². The number of benzene rings is 1. The maximum atomic E-state index is 11.6. The van der Waals surface area contributed by atoms with Crippen LogP contribution in [0.4, 0.5) is 0 Å². The second-order valence-electron chi connectivity index (χ2n) is 6.82. The number of hydrogen-bond acceptors (Lipinski definition) is 4. The van der Waals surface area contributed by atoms with Crippen LogP contribution in [0.5, 0.6) is 5.75 Å². The second-order valence-corrected chi connectivity index (χ2v) is 6.82. The summed E-state index contributed by atoms with van der Waals surface area (Å²) >= 11 is 0. The molecule has 0 saturated carbocycles. The van der Waals surface area contributed by atoms with E-state index in [1.165, 1.54) is 12.7 Å². The zero-order valence-electron chi connectivity index (χ0n) is 13.9. The Bertz CT molecular complexity index is 472. The van der Waals surface area contributed by atoms with Gasteiger partial charge in [0.15, 0.2) is 0 Å². The first-order chi connectivity index (χ1) is 9.56. The molecule has 2 N–H and O–H groups in total. The van der Waals surface area contributed by atoms with Crippen LogP contribution in [0.3, 0.4) is 0 Å². The van der Waals surface area contributed by atoms with E-state index in [0.29, 0.717) is 6.42 Å². The molecule has 0 spiro atoms. The van der Waals surface area contributed by atoms with Gasteiger partial charge in [-0.2, -0.15) is 0 Å². The standard InChI is InChI=1S/C17H27NO3/c1-12(11-17(5,18)15(19)20-6)21-14-9-7-13(8-10-14)16(2,3)4/h7-10,12H,11,18H2,1-6H3. The van der Waals surface area contributed by atoms with E-state index < -0.39 is 11.5 Å². The molecule has 0 aliphatic heterocycles. The fraction of sp³-hybridized carbons (Fsp3) is 0.588. The number of methoxy groups -OCH3 is 1. The summed E-state index contributed by atoms with van der Waals surface area (Å²) in [7, 11) is 1.34. The van der Waals surface area contributed by atoms with E-state index in [-0.39, 0.29) is 11.5 Å². The fourth-order valence-corrected chi connectivity index (χ4v) is 2.22. The number of nitrogens with two attached hydrogens (primary N) is 1. The fourth-order valence-electron chi connectivity index (χ4n) is 2.22. The molecule has 0 radical (unpaired) electrons. The molecule has 1 aromatic rings. The van der Waals surface area contributed by atoms with Crippen molar-refractivity contribution < 1.29 is 14.3 Å². The predicted molar refractivity (Wildman–Crippen MR) is 84.5 cm³/mol. The Morgan fingerprint density at radius 3 is 2.14 bits per heavy atom. The molecule has 0 saturated heterocycles. The Labute approximate surface area is 127 Å². The highest BCUT2D eigenvalue weighted by Crippen LogP contribution is 2.25. The van der Waals surface area contributed by atoms with Crippen LogP contribution >= 0.6 is 0 Å². The van der Waals surface area contributed by atoms with Crippen LogP contribution in [0, 0.1) is 0 Å². The van der Waals surface area contributed by atoms with Crippen molar-refractivity contribution in [1.29, 1.82) is 0 Å². The lowest BCUT2D eigenvalue weighted by Crippen LogP contribution is -2.48. The van der Waals surface area contributed by atoms with Crippen molar-refractivity contribution in [3.8, 4) is 5.75 Å². The summed E-state index contributed by atoms with van der Waals surface area (Å²) in [5.41, 5.74) is 6.28. The van der Waals surface area contributed by atoms with Gasteiger partial charge in [0.05, 0.1) is 13.2 Å². The molecule has 0 heterocycles. The number of carbonyl (C=O) groups is 1. The predicted octanol–water partition coefficient (Wildman–Crippen LogP) is 3.03. The van der Waals surface area contributed by atoms with Gasteiger partial charge in [0.2, 0.25) is 0 Å². The van der Waals surface area contributed by atoms with Gasteiger partial charge in [-0.25, -0.2) is 0 Å². The Balaban J connectivity index is 2.67. The van der Waals surface area contributed by atoms with E-state index in [1.807, 2.05) is 19.1 Å². The van der Waals surface area contributed by atoms with Gasteiger partial charge in [-0.05, 0) is 37.0 Å². The Hall–Kier alpha value is -1.55. The quantitative estimate of drug-likeness (QED) is 0.848. The highest BCUT2D eigenvalue weighted by Gasteiger charge is 2.32. The minimum absolute atomic E-state index is 0.116. The van der Waals surface area contributed by atoms with Gasteiger partial charge >= 0.3 is 5.97 Å². The molecular formula is C17H27NO3. The molecule has 4 nitrogen and oxygen atoms in total. The summed E-state index contributed by atoms with van der Waals surface area (Å²) < 4.78 is 10.5. The van der Waals surface area contributed by atoms with Crippen LogP contribution in [0.15, 0.2) is 24.3 Å². The Kier molecular flexibility index (Phi) is 5.40. The minimum atomic E-state index is -1.04. The Morgan fingerprint density at radius 1 is 1.19 bits per heavy atom. The molecule has 2 unspecified atom stereocenters. The molecule has 0 aliphatic rings. The van der Waals surface area contributed by atoms with Crippen molar-refractivity contribution >= 4 is 5.97 Å². The summed E-state index contributed by atoms with van der Waals surface area (Å²) in [6.45, 7) is 10.1. The van der Waals surface area contributed by atoms with E-state index in [1.54, 1.807) is 6.92 Å². The van der Waals surface area contributed by atoms with Gasteiger partial charge in [0.1, 0.15) is 11.3 Å². The maximum Gasteiger partial charge on any atom is 0.325 e. The van der Waals surface area contributed by atoms with E-state index in [4.69, 9.17) is 15.2 Å². The SMILES string of the molecule is COC(=O)C(C)(N)CC(C)Oc1ccc(C(C)(C)C)cc1. The third kappa shape index (κ3) is 5.05. The van der Waals surface area contributed by atoms with Gasteiger partial charge in [-0.3, -0.25) is 4.79 Å². The summed E-state index contributed by atoms with van der Waals surface area (Å²) in [5.74, 6) is 0.345. The molecule has 0 aromatic heterocycles. The molecule has 118 valence electrons. The van der Waals surface area contributed by atoms with E-state index >= 15 is 0 Å². The smallest absolute Gasteiger partial charge is 0.325 e. The van der Waals surface area contributed by atoms with Gasteiger partial charge < -0.3 is 15.2 Å². The van der Waals surface area contributed by atoms with Gasteiger partial charge in [-0.1, -0.05) is 32.9 Å². The number of ether oxygens (including phenoxy) is 2. The van der Waals surface area contributed by atoms with Crippen LogP contribution < -0.4 is 10.5 Å². The lowest BCUT2D eigenvalue weighted by Gasteiger charge is -2.26. The molecule has 2 atom stereocenters. The van der Waals surface area contributed by atoms with Gasteiger partial charge in [0.25, 0.3) is 0 Å². The van der Waals surface area contributed by atoms with E-state index in [9.17, 15) is 4.79 Å². The van der Waals surface area contributed by atoms with E-state index in [0.717, 1.165) is 5.75 Å². The lowest BCUT2D eigenvalue weighted by molar-refractivity contribution is -0.147. The van der Waals surface area contributed by atoms with Crippen LogP contribution in [-0.4, -0.2) is 24.7 Å². The molecule has 1 aromatic carbocycles. The number of esters is 1. The average Bonchev–Trinajstić information content (AvgIpc) is 2.36. The molecule has 4 heteroatoms. The normalized spacial score (nSPS) is 16.0. The lowest BCUT2D eigenvalue weighted by atomic mass is 9.87. The Morgan fingerprint density at radius 2 is 1.71 bits per heavy atom. The summed E-state index contributed by atoms with van der Waals surface area (Å²) in [5, 5.41) is 0. The van der Waals surface area contributed by atoms with Crippen molar-refractivity contribution in [3.05, 3.63) is 29.8 Å². The van der Waals surface area contributed by atoms with Crippen LogP contribution in [0.1, 0.15) is 46.6 Å². The highest BCUT2D eigenvalue weighted by molar-refractivity contribution is 5.79. The summed E-state index contributed by atoms with van der Waals surface area (Å²) in [4.78, 5) is 11.6. The zero-order valence-corrected chi connectivity index (χ0v) is 13.9. The number of rotatable bonds is 5. The zero-order chi connectivity index (χ0) is 16.3. The largest absolute Gasteiger partial charge is 0.491 e. The first-order valence-electron chi connectivity index (χ1n) is 7.21. The van der Waals surface area contributed by atoms with Crippen molar-refractivity contribution in [3.63, 3.8) is 0 Å². The van der Waals surface area contributed by atoms with Crippen LogP contribution in [0.2, 0.25) is 0 Å². The average molecular weight is 293 g/mol. The topological polar surface area (TPSA) is 61.5 Å². The first-order valence-corrected chi connectivity index (χ1v) is 7.21. The van der Waals surface area contributed by atoms with Crippen LogP contribution in [-0.2, 0) is 14.9 Å². The summed E-state index contributed by atoms with van der Waals surface area (Å²) in [6, 6.07) is 8.01. The third-order valence-corrected chi connectivity index (χ3v) is 3.42. The number of carbonyl (C=O) groups excluding carboxylic acids is 1. The molecule has 0 fully saturated rings. The van der Waals surface area contributed by atoms with Crippen molar-refractivity contribution in [2.24, 2.45) is 5.73 Å². The molecule has 21 heavy (non-hydrogen) atoms. The highest BCUT2D eigenvalue weighted by atomic mass is 16.5.